The summed E-state index contributed by atoms with van der Waals surface area (Å²) >= 11 is 0. The Bertz CT molecular complexity index is 361. The maximum Gasteiger partial charge on any atom is 0.267 e. The van der Waals surface area contributed by atoms with Crippen LogP contribution in [0.25, 0.3) is 0 Å². The van der Waals surface area contributed by atoms with E-state index in [0.29, 0.717) is 25.1 Å². The maximum absolute atomic E-state index is 11.8. The van der Waals surface area contributed by atoms with Gasteiger partial charge in [-0.2, -0.15) is 5.10 Å². The zero-order chi connectivity index (χ0) is 13.8. The minimum absolute atomic E-state index is 0.00235. The number of carbonyl (C=O) groups is 2. The Morgan fingerprint density at radius 3 is 2.61 bits per heavy atom. The van der Waals surface area contributed by atoms with E-state index in [0.717, 1.165) is 6.54 Å². The fraction of sp³-hybridized carbons (Fsp3) is 0.750. The van der Waals surface area contributed by atoms with Crippen LogP contribution in [0.2, 0.25) is 0 Å². The van der Waals surface area contributed by atoms with Crippen molar-refractivity contribution in [3.05, 3.63) is 0 Å². The van der Waals surface area contributed by atoms with Gasteiger partial charge in [-0.15, -0.1) is 0 Å². The Kier molecular flexibility index (Phi) is 4.84. The van der Waals surface area contributed by atoms with E-state index in [-0.39, 0.29) is 17.2 Å². The molecule has 0 atom stereocenters. The summed E-state index contributed by atoms with van der Waals surface area (Å²) in [5.74, 6) is -0.332. The Morgan fingerprint density at radius 2 is 2.11 bits per heavy atom. The normalized spacial score (nSPS) is 16.3. The molecule has 102 valence electrons. The highest BCUT2D eigenvalue weighted by atomic mass is 16.2. The molecular weight excluding hydrogens is 232 g/mol. The van der Waals surface area contributed by atoms with E-state index < -0.39 is 0 Å². The molecule has 1 aliphatic heterocycles. The number of hydrazone groups is 1. The molecule has 0 fully saturated rings. The van der Waals surface area contributed by atoms with Gasteiger partial charge in [0.15, 0.2) is 0 Å². The fourth-order valence-corrected chi connectivity index (χ4v) is 1.97. The molecule has 6 heteroatoms. The van der Waals surface area contributed by atoms with E-state index in [9.17, 15) is 9.59 Å². The molecule has 0 aromatic rings. The largest absolute Gasteiger partial charge is 0.350 e. The molecule has 0 aromatic carbocycles. The number of hydrogen-bond donors (Lipinski definition) is 2. The van der Waals surface area contributed by atoms with Crippen LogP contribution in [0.5, 0.6) is 0 Å². The summed E-state index contributed by atoms with van der Waals surface area (Å²) in [4.78, 5) is 24.8. The summed E-state index contributed by atoms with van der Waals surface area (Å²) in [7, 11) is 4.01. The van der Waals surface area contributed by atoms with Crippen LogP contribution in [0.15, 0.2) is 5.10 Å². The summed E-state index contributed by atoms with van der Waals surface area (Å²) in [6, 6.07) is 0. The zero-order valence-corrected chi connectivity index (χ0v) is 11.5. The van der Waals surface area contributed by atoms with E-state index in [2.05, 4.69) is 34.6 Å². The van der Waals surface area contributed by atoms with Gasteiger partial charge in [0.2, 0.25) is 5.91 Å². The van der Waals surface area contributed by atoms with Crippen molar-refractivity contribution < 1.29 is 9.59 Å². The first kappa shape index (κ1) is 14.6. The number of nitrogens with one attached hydrogen (secondary N) is 2. The highest BCUT2D eigenvalue weighted by Crippen LogP contribution is 2.14. The highest BCUT2D eigenvalue weighted by Gasteiger charge is 2.23. The van der Waals surface area contributed by atoms with Crippen LogP contribution in [0.1, 0.15) is 26.7 Å². The molecule has 0 unspecified atom stereocenters. The van der Waals surface area contributed by atoms with E-state index in [1.54, 1.807) is 0 Å². The first-order chi connectivity index (χ1) is 8.30. The smallest absolute Gasteiger partial charge is 0.267 e. The lowest BCUT2D eigenvalue weighted by atomic mass is 9.93. The summed E-state index contributed by atoms with van der Waals surface area (Å²) < 4.78 is 0. The molecule has 1 rings (SSSR count). The number of nitrogens with zero attached hydrogens (tertiary/aromatic N) is 2. The number of carbonyl (C=O) groups excluding carboxylic acids is 2. The van der Waals surface area contributed by atoms with Gasteiger partial charge in [0, 0.05) is 25.9 Å². The molecular formula is C12H22N4O2. The molecule has 0 aliphatic carbocycles. The molecule has 0 aromatic heterocycles. The molecule has 18 heavy (non-hydrogen) atoms. The van der Waals surface area contributed by atoms with Gasteiger partial charge in [-0.3, -0.25) is 9.59 Å². The van der Waals surface area contributed by atoms with Crippen molar-refractivity contribution in [3.63, 3.8) is 0 Å². The minimum Gasteiger partial charge on any atom is -0.350 e. The molecule has 0 saturated carbocycles. The second-order valence-electron chi connectivity index (χ2n) is 5.68. The maximum atomic E-state index is 11.8. The summed E-state index contributed by atoms with van der Waals surface area (Å²) in [6.45, 7) is 5.66. The molecule has 2 amide bonds. The Labute approximate surface area is 108 Å². The quantitative estimate of drug-likeness (QED) is 0.723. The molecule has 0 bridgehead atoms. The molecule has 1 heterocycles. The third-order valence-electron chi connectivity index (χ3n) is 2.64. The standard InChI is InChI=1S/C12H22N4O2/c1-12(2,8-16(3)4)7-13-11(18)9-5-6-10(17)15-14-9/h5-8H2,1-4H3,(H,13,18)(H,15,17). The van der Waals surface area contributed by atoms with Gasteiger partial charge in [-0.25, -0.2) is 5.43 Å². The summed E-state index contributed by atoms with van der Waals surface area (Å²) in [5.41, 5.74) is 2.72. The average Bonchev–Trinajstić information content (AvgIpc) is 2.25. The molecule has 0 spiro atoms. The van der Waals surface area contributed by atoms with Gasteiger partial charge in [-0.1, -0.05) is 13.8 Å². The van der Waals surface area contributed by atoms with Crippen molar-refractivity contribution in [1.29, 1.82) is 0 Å². The third-order valence-corrected chi connectivity index (χ3v) is 2.64. The van der Waals surface area contributed by atoms with Crippen LogP contribution in [-0.4, -0.2) is 49.6 Å². The van der Waals surface area contributed by atoms with Crippen LogP contribution in [0, 0.1) is 5.41 Å². The Hall–Kier alpha value is -1.43. The predicted molar refractivity (Wildman–Crippen MR) is 70.2 cm³/mol. The number of hydrogen-bond acceptors (Lipinski definition) is 4. The van der Waals surface area contributed by atoms with Crippen LogP contribution in [0.3, 0.4) is 0 Å². The Morgan fingerprint density at radius 1 is 1.44 bits per heavy atom. The van der Waals surface area contributed by atoms with Crippen LogP contribution in [-0.2, 0) is 9.59 Å². The molecule has 2 N–H and O–H groups in total. The number of amides is 2. The Balaban J connectivity index is 2.44. The topological polar surface area (TPSA) is 73.8 Å². The summed E-state index contributed by atoms with van der Waals surface area (Å²) in [5, 5.41) is 6.63. The molecule has 6 nitrogen and oxygen atoms in total. The first-order valence-electron chi connectivity index (χ1n) is 6.08. The van der Waals surface area contributed by atoms with Crippen molar-refractivity contribution in [2.24, 2.45) is 10.5 Å². The second kappa shape index (κ2) is 5.95. The molecule has 0 saturated heterocycles. The van der Waals surface area contributed by atoms with Gasteiger partial charge >= 0.3 is 0 Å². The van der Waals surface area contributed by atoms with Gasteiger partial charge in [-0.05, 0) is 19.5 Å². The van der Waals surface area contributed by atoms with E-state index in [4.69, 9.17) is 0 Å². The van der Waals surface area contributed by atoms with Crippen molar-refractivity contribution in [2.75, 3.05) is 27.2 Å². The SMILES string of the molecule is CN(C)CC(C)(C)CNC(=O)C1=NNC(=O)CC1. The van der Waals surface area contributed by atoms with Crippen molar-refractivity contribution in [3.8, 4) is 0 Å². The first-order valence-corrected chi connectivity index (χ1v) is 6.08. The third kappa shape index (κ3) is 4.83. The van der Waals surface area contributed by atoms with Crippen LogP contribution in [0.4, 0.5) is 0 Å². The van der Waals surface area contributed by atoms with E-state index in [1.165, 1.54) is 0 Å². The van der Waals surface area contributed by atoms with Gasteiger partial charge < -0.3 is 10.2 Å². The van der Waals surface area contributed by atoms with E-state index >= 15 is 0 Å². The lowest BCUT2D eigenvalue weighted by Gasteiger charge is -2.28. The minimum atomic E-state index is -0.193. The van der Waals surface area contributed by atoms with Crippen LogP contribution < -0.4 is 10.7 Å². The van der Waals surface area contributed by atoms with Crippen molar-refractivity contribution in [1.82, 2.24) is 15.6 Å². The lowest BCUT2D eigenvalue weighted by molar-refractivity contribution is -0.121. The summed E-state index contributed by atoms with van der Waals surface area (Å²) in [6.07, 6.45) is 0.735. The van der Waals surface area contributed by atoms with Crippen molar-refractivity contribution >= 4 is 17.5 Å². The average molecular weight is 254 g/mol. The zero-order valence-electron chi connectivity index (χ0n) is 11.5. The lowest BCUT2D eigenvalue weighted by Crippen LogP contribution is -2.43. The van der Waals surface area contributed by atoms with Crippen LogP contribution >= 0.6 is 0 Å². The van der Waals surface area contributed by atoms with Gasteiger partial charge in [0.05, 0.1) is 0 Å². The molecule has 1 aliphatic rings. The monoisotopic (exact) mass is 254 g/mol. The fourth-order valence-electron chi connectivity index (χ4n) is 1.97. The van der Waals surface area contributed by atoms with Crippen molar-refractivity contribution in [2.45, 2.75) is 26.7 Å². The number of rotatable bonds is 5. The second-order valence-corrected chi connectivity index (χ2v) is 5.68. The van der Waals surface area contributed by atoms with Gasteiger partial charge in [0.25, 0.3) is 5.91 Å². The molecule has 0 radical (unpaired) electrons. The predicted octanol–water partition coefficient (Wildman–Crippen LogP) is -0.0436. The highest BCUT2D eigenvalue weighted by molar-refractivity contribution is 6.39. The van der Waals surface area contributed by atoms with Gasteiger partial charge in [0.1, 0.15) is 5.71 Å². The van der Waals surface area contributed by atoms with E-state index in [1.807, 2.05) is 14.1 Å².